The number of hydrogen-bond donors (Lipinski definition) is 1. The molecule has 1 saturated carbocycles. The fourth-order valence-electron chi connectivity index (χ4n) is 2.57. The summed E-state index contributed by atoms with van der Waals surface area (Å²) >= 11 is 3.54. The van der Waals surface area contributed by atoms with Crippen molar-refractivity contribution in [2.45, 2.75) is 24.8 Å². The topological polar surface area (TPSA) is 12.0 Å². The van der Waals surface area contributed by atoms with Gasteiger partial charge in [-0.3, -0.25) is 0 Å². The van der Waals surface area contributed by atoms with Gasteiger partial charge in [0.1, 0.15) is 5.82 Å². The second-order valence-electron chi connectivity index (χ2n) is 5.04. The van der Waals surface area contributed by atoms with Crippen LogP contribution in [0.1, 0.15) is 24.3 Å². The van der Waals surface area contributed by atoms with E-state index in [0.29, 0.717) is 12.0 Å². The molecule has 1 nitrogen and oxygen atoms in total. The van der Waals surface area contributed by atoms with Gasteiger partial charge in [0.25, 0.3) is 0 Å². The quantitative estimate of drug-likeness (QED) is 0.844. The molecule has 0 saturated heterocycles. The molecule has 1 N–H and O–H groups in total. The SMILES string of the molecule is Fc1cccc(C2CC(Nc3ccccc3Br)C2)c1. The molecule has 1 aliphatic rings. The smallest absolute Gasteiger partial charge is 0.123 e. The first kappa shape index (κ1) is 12.7. The third-order valence-electron chi connectivity index (χ3n) is 3.69. The van der Waals surface area contributed by atoms with Crippen LogP contribution in [0.15, 0.2) is 53.0 Å². The second-order valence-corrected chi connectivity index (χ2v) is 5.90. The van der Waals surface area contributed by atoms with Crippen LogP contribution in [0.25, 0.3) is 0 Å². The molecule has 0 heterocycles. The van der Waals surface area contributed by atoms with Crippen LogP contribution in [-0.2, 0) is 0 Å². The van der Waals surface area contributed by atoms with Gasteiger partial charge >= 0.3 is 0 Å². The Bertz CT molecular complexity index is 578. The largest absolute Gasteiger partial charge is 0.381 e. The van der Waals surface area contributed by atoms with E-state index in [1.165, 1.54) is 6.07 Å². The molecular formula is C16H15BrFN. The predicted molar refractivity (Wildman–Crippen MR) is 79.9 cm³/mol. The van der Waals surface area contributed by atoms with E-state index in [2.05, 4.69) is 27.3 Å². The highest BCUT2D eigenvalue weighted by Crippen LogP contribution is 2.39. The summed E-state index contributed by atoms with van der Waals surface area (Å²) in [6.45, 7) is 0. The number of halogens is 2. The Balaban J connectivity index is 1.60. The van der Waals surface area contributed by atoms with Gasteiger partial charge in [0, 0.05) is 16.2 Å². The van der Waals surface area contributed by atoms with Crippen molar-refractivity contribution in [1.82, 2.24) is 0 Å². The molecule has 3 heteroatoms. The summed E-state index contributed by atoms with van der Waals surface area (Å²) in [7, 11) is 0. The molecule has 19 heavy (non-hydrogen) atoms. The van der Waals surface area contributed by atoms with Crippen molar-refractivity contribution in [3.8, 4) is 0 Å². The molecule has 0 amide bonds. The fraction of sp³-hybridized carbons (Fsp3) is 0.250. The van der Waals surface area contributed by atoms with Gasteiger partial charge in [-0.05, 0) is 64.5 Å². The van der Waals surface area contributed by atoms with E-state index in [0.717, 1.165) is 28.6 Å². The molecule has 3 rings (SSSR count). The molecule has 0 bridgehead atoms. The fourth-order valence-corrected chi connectivity index (χ4v) is 2.97. The van der Waals surface area contributed by atoms with Gasteiger partial charge in [0.15, 0.2) is 0 Å². The highest BCUT2D eigenvalue weighted by molar-refractivity contribution is 9.10. The van der Waals surface area contributed by atoms with Gasteiger partial charge < -0.3 is 5.32 Å². The van der Waals surface area contributed by atoms with E-state index < -0.39 is 0 Å². The van der Waals surface area contributed by atoms with Crippen molar-refractivity contribution >= 4 is 21.6 Å². The normalized spacial score (nSPS) is 21.8. The summed E-state index contributed by atoms with van der Waals surface area (Å²) in [4.78, 5) is 0. The Kier molecular flexibility index (Phi) is 3.56. The summed E-state index contributed by atoms with van der Waals surface area (Å²) in [6.07, 6.45) is 2.12. The predicted octanol–water partition coefficient (Wildman–Crippen LogP) is 4.95. The summed E-state index contributed by atoms with van der Waals surface area (Å²) < 4.78 is 14.3. The van der Waals surface area contributed by atoms with Crippen LogP contribution in [0.5, 0.6) is 0 Å². The summed E-state index contributed by atoms with van der Waals surface area (Å²) in [5.74, 6) is 0.343. The first-order valence-electron chi connectivity index (χ1n) is 6.49. The van der Waals surface area contributed by atoms with Crippen molar-refractivity contribution < 1.29 is 4.39 Å². The summed E-state index contributed by atoms with van der Waals surface area (Å²) in [5.41, 5.74) is 2.25. The van der Waals surface area contributed by atoms with E-state index in [4.69, 9.17) is 0 Å². The van der Waals surface area contributed by atoms with E-state index in [9.17, 15) is 4.39 Å². The van der Waals surface area contributed by atoms with Gasteiger partial charge in [0.2, 0.25) is 0 Å². The Hall–Kier alpha value is -1.35. The Morgan fingerprint density at radius 3 is 2.58 bits per heavy atom. The average Bonchev–Trinajstić information content (AvgIpc) is 2.35. The molecule has 0 unspecified atom stereocenters. The minimum atomic E-state index is -0.139. The highest BCUT2D eigenvalue weighted by atomic mass is 79.9. The van der Waals surface area contributed by atoms with Crippen LogP contribution in [0.4, 0.5) is 10.1 Å². The van der Waals surface area contributed by atoms with Crippen LogP contribution in [0, 0.1) is 5.82 Å². The maximum Gasteiger partial charge on any atom is 0.123 e. The van der Waals surface area contributed by atoms with Crippen LogP contribution in [0.2, 0.25) is 0 Å². The third kappa shape index (κ3) is 2.81. The van der Waals surface area contributed by atoms with Gasteiger partial charge in [-0.15, -0.1) is 0 Å². The Morgan fingerprint density at radius 2 is 1.84 bits per heavy atom. The van der Waals surface area contributed by atoms with Gasteiger partial charge in [0.05, 0.1) is 0 Å². The molecule has 0 aliphatic heterocycles. The summed E-state index contributed by atoms with van der Waals surface area (Å²) in [5, 5.41) is 3.52. The number of anilines is 1. The van der Waals surface area contributed by atoms with Crippen molar-refractivity contribution in [3.05, 3.63) is 64.4 Å². The lowest BCUT2D eigenvalue weighted by Gasteiger charge is -2.37. The zero-order valence-electron chi connectivity index (χ0n) is 10.4. The number of rotatable bonds is 3. The van der Waals surface area contributed by atoms with E-state index in [-0.39, 0.29) is 5.82 Å². The first-order valence-corrected chi connectivity index (χ1v) is 7.28. The van der Waals surface area contributed by atoms with Gasteiger partial charge in [-0.2, -0.15) is 0 Å². The Labute approximate surface area is 121 Å². The first-order chi connectivity index (χ1) is 9.22. The van der Waals surface area contributed by atoms with Crippen molar-refractivity contribution in [3.63, 3.8) is 0 Å². The van der Waals surface area contributed by atoms with Crippen LogP contribution >= 0.6 is 15.9 Å². The molecule has 2 aromatic carbocycles. The minimum absolute atomic E-state index is 0.139. The molecule has 0 atom stereocenters. The Morgan fingerprint density at radius 1 is 1.05 bits per heavy atom. The monoisotopic (exact) mass is 319 g/mol. The molecule has 1 aliphatic carbocycles. The second kappa shape index (κ2) is 5.33. The van der Waals surface area contributed by atoms with E-state index >= 15 is 0 Å². The van der Waals surface area contributed by atoms with Crippen molar-refractivity contribution in [2.75, 3.05) is 5.32 Å². The van der Waals surface area contributed by atoms with E-state index in [1.807, 2.05) is 24.3 Å². The maximum atomic E-state index is 13.2. The number of benzene rings is 2. The average molecular weight is 320 g/mol. The maximum absolute atomic E-state index is 13.2. The number of para-hydroxylation sites is 1. The van der Waals surface area contributed by atoms with Crippen molar-refractivity contribution in [1.29, 1.82) is 0 Å². The van der Waals surface area contributed by atoms with Crippen LogP contribution in [0.3, 0.4) is 0 Å². The number of hydrogen-bond acceptors (Lipinski definition) is 1. The summed E-state index contributed by atoms with van der Waals surface area (Å²) in [6, 6.07) is 15.6. The van der Waals surface area contributed by atoms with Crippen LogP contribution < -0.4 is 5.32 Å². The lowest BCUT2D eigenvalue weighted by atomic mass is 9.76. The minimum Gasteiger partial charge on any atom is -0.381 e. The van der Waals surface area contributed by atoms with Crippen LogP contribution in [-0.4, -0.2) is 6.04 Å². The lowest BCUT2D eigenvalue weighted by molar-refractivity contribution is 0.373. The molecule has 0 aromatic heterocycles. The standard InChI is InChI=1S/C16H15BrFN/c17-15-6-1-2-7-16(15)19-14-9-12(10-14)11-4-3-5-13(18)8-11/h1-8,12,14,19H,9-10H2. The molecule has 0 spiro atoms. The lowest BCUT2D eigenvalue weighted by Crippen LogP contribution is -2.34. The molecular weight excluding hydrogens is 305 g/mol. The van der Waals surface area contributed by atoms with E-state index in [1.54, 1.807) is 12.1 Å². The molecule has 0 radical (unpaired) electrons. The number of nitrogens with one attached hydrogen (secondary N) is 1. The third-order valence-corrected chi connectivity index (χ3v) is 4.38. The highest BCUT2D eigenvalue weighted by Gasteiger charge is 2.30. The zero-order chi connectivity index (χ0) is 13.2. The van der Waals surface area contributed by atoms with Gasteiger partial charge in [-0.1, -0.05) is 24.3 Å². The van der Waals surface area contributed by atoms with Gasteiger partial charge in [-0.25, -0.2) is 4.39 Å². The molecule has 2 aromatic rings. The molecule has 1 fully saturated rings. The van der Waals surface area contributed by atoms with Crippen molar-refractivity contribution in [2.24, 2.45) is 0 Å². The molecule has 98 valence electrons. The zero-order valence-corrected chi connectivity index (χ0v) is 12.0.